The van der Waals surface area contributed by atoms with E-state index in [2.05, 4.69) is 21.2 Å². The summed E-state index contributed by atoms with van der Waals surface area (Å²) in [5, 5.41) is 22.0. The fourth-order valence-electron chi connectivity index (χ4n) is 3.24. The van der Waals surface area contributed by atoms with Crippen molar-refractivity contribution >= 4 is 46.1 Å². The molecular weight excluding hydrogens is 478 g/mol. The quantitative estimate of drug-likeness (QED) is 0.465. The Labute approximate surface area is 190 Å². The lowest BCUT2D eigenvalue weighted by molar-refractivity contribution is -0.142. The number of benzene rings is 1. The van der Waals surface area contributed by atoms with Gasteiger partial charge < -0.3 is 26.2 Å². The maximum Gasteiger partial charge on any atom is 0.305 e. The average molecular weight is 507 g/mol. The summed E-state index contributed by atoms with van der Waals surface area (Å²) in [7, 11) is 0. The summed E-state index contributed by atoms with van der Waals surface area (Å²) in [5.41, 5.74) is 6.19. The van der Waals surface area contributed by atoms with E-state index in [4.69, 9.17) is 5.73 Å². The summed E-state index contributed by atoms with van der Waals surface area (Å²) in [6, 6.07) is 4.46. The van der Waals surface area contributed by atoms with Crippen LogP contribution in [0, 0.1) is 5.41 Å². The molecule has 168 valence electrons. The van der Waals surface area contributed by atoms with Crippen LogP contribution in [0.5, 0.6) is 0 Å². The molecule has 0 saturated carbocycles. The van der Waals surface area contributed by atoms with Crippen LogP contribution >= 0.6 is 28.3 Å². The summed E-state index contributed by atoms with van der Waals surface area (Å²) in [4.78, 5) is 38.4. The van der Waals surface area contributed by atoms with Gasteiger partial charge in [-0.25, -0.2) is 0 Å². The minimum absolute atomic E-state index is 0. The van der Waals surface area contributed by atoms with Crippen LogP contribution in [0.15, 0.2) is 28.7 Å². The van der Waals surface area contributed by atoms with Gasteiger partial charge >= 0.3 is 5.97 Å². The number of nitrogens with zero attached hydrogens (tertiary/aromatic N) is 1. The summed E-state index contributed by atoms with van der Waals surface area (Å²) < 4.78 is 0.827. The standard InChI is InChI=1S/C20H28BrN3O5.ClH/c1-20(2,3)17(22)19(29)24-10-13(25)8-15(24)18(28)23-14(9-16(26)27)11-4-6-12(21)7-5-11;/h4-7,13-15,17,25H,8-10,22H2,1-3H3,(H,23,28)(H,26,27);1H/t13-,14+,15+,17+;/m1./s1. The fraction of sp³-hybridized carbons (Fsp3) is 0.550. The first-order valence-electron chi connectivity index (χ1n) is 9.42. The van der Waals surface area contributed by atoms with Gasteiger partial charge in [0.2, 0.25) is 11.8 Å². The topological polar surface area (TPSA) is 133 Å². The second kappa shape index (κ2) is 10.6. The number of likely N-dealkylation sites (tertiary alicyclic amines) is 1. The minimum Gasteiger partial charge on any atom is -0.481 e. The zero-order valence-electron chi connectivity index (χ0n) is 17.2. The lowest BCUT2D eigenvalue weighted by atomic mass is 9.86. The monoisotopic (exact) mass is 505 g/mol. The molecule has 1 aliphatic rings. The number of aliphatic hydroxyl groups is 1. The van der Waals surface area contributed by atoms with E-state index in [1.165, 1.54) is 4.90 Å². The molecule has 1 heterocycles. The molecule has 1 aliphatic heterocycles. The minimum atomic E-state index is -1.06. The molecule has 0 radical (unpaired) electrons. The Kier molecular flexibility index (Phi) is 9.28. The van der Waals surface area contributed by atoms with E-state index in [9.17, 15) is 24.6 Å². The largest absolute Gasteiger partial charge is 0.481 e. The first-order chi connectivity index (χ1) is 13.4. The van der Waals surface area contributed by atoms with Crippen LogP contribution in [0.1, 0.15) is 45.2 Å². The van der Waals surface area contributed by atoms with E-state index < -0.39 is 47.4 Å². The number of carbonyl (C=O) groups excluding carboxylic acids is 2. The maximum atomic E-state index is 13.0. The third-order valence-corrected chi connectivity index (χ3v) is 5.56. The van der Waals surface area contributed by atoms with Crippen molar-refractivity contribution in [3.05, 3.63) is 34.3 Å². The van der Waals surface area contributed by atoms with Crippen LogP contribution < -0.4 is 11.1 Å². The van der Waals surface area contributed by atoms with Crippen LogP contribution in [0.25, 0.3) is 0 Å². The highest BCUT2D eigenvalue weighted by molar-refractivity contribution is 9.10. The molecule has 0 unspecified atom stereocenters. The Morgan fingerprint density at radius 2 is 1.83 bits per heavy atom. The Morgan fingerprint density at radius 3 is 2.33 bits per heavy atom. The van der Waals surface area contributed by atoms with Crippen LogP contribution in [0.2, 0.25) is 0 Å². The molecule has 0 bridgehead atoms. The van der Waals surface area contributed by atoms with Gasteiger partial charge in [0.25, 0.3) is 0 Å². The van der Waals surface area contributed by atoms with Crippen molar-refractivity contribution in [1.82, 2.24) is 10.2 Å². The molecule has 10 heteroatoms. The molecule has 8 nitrogen and oxygen atoms in total. The molecule has 1 aromatic carbocycles. The third kappa shape index (κ3) is 6.66. The summed E-state index contributed by atoms with van der Waals surface area (Å²) in [6.45, 7) is 5.50. The van der Waals surface area contributed by atoms with Crippen LogP contribution in [-0.2, 0) is 14.4 Å². The van der Waals surface area contributed by atoms with Gasteiger partial charge in [-0.05, 0) is 23.1 Å². The lowest BCUT2D eigenvalue weighted by Gasteiger charge is -2.33. The molecule has 2 amide bonds. The van der Waals surface area contributed by atoms with Crippen molar-refractivity contribution in [2.24, 2.45) is 11.1 Å². The van der Waals surface area contributed by atoms with Crippen molar-refractivity contribution in [2.75, 3.05) is 6.54 Å². The summed E-state index contributed by atoms with van der Waals surface area (Å²) in [5.74, 6) is -1.98. The van der Waals surface area contributed by atoms with Gasteiger partial charge in [0.15, 0.2) is 0 Å². The van der Waals surface area contributed by atoms with Crippen molar-refractivity contribution in [3.63, 3.8) is 0 Å². The first kappa shape index (κ1) is 26.4. The Morgan fingerprint density at radius 1 is 1.27 bits per heavy atom. The molecule has 2 rings (SSSR count). The molecular formula is C20H29BrClN3O5. The second-order valence-electron chi connectivity index (χ2n) is 8.45. The van der Waals surface area contributed by atoms with E-state index in [-0.39, 0.29) is 31.8 Å². The van der Waals surface area contributed by atoms with Gasteiger partial charge in [-0.15, -0.1) is 12.4 Å². The molecule has 0 spiro atoms. The number of aliphatic hydroxyl groups excluding tert-OH is 1. The van der Waals surface area contributed by atoms with E-state index in [0.717, 1.165) is 4.47 Å². The number of carbonyl (C=O) groups is 3. The maximum absolute atomic E-state index is 13.0. The lowest BCUT2D eigenvalue weighted by Crippen LogP contribution is -2.55. The number of nitrogens with one attached hydrogen (secondary N) is 1. The van der Waals surface area contributed by atoms with Gasteiger partial charge in [-0.2, -0.15) is 0 Å². The second-order valence-corrected chi connectivity index (χ2v) is 9.37. The fourth-order valence-corrected chi connectivity index (χ4v) is 3.51. The van der Waals surface area contributed by atoms with Crippen molar-refractivity contribution in [3.8, 4) is 0 Å². The average Bonchev–Trinajstić information content (AvgIpc) is 3.01. The zero-order valence-corrected chi connectivity index (χ0v) is 19.6. The number of β-amino-alcohol motifs (C(OH)–C–C–N with tert-alkyl or cyclic N) is 1. The number of hydrogen-bond acceptors (Lipinski definition) is 5. The first-order valence-corrected chi connectivity index (χ1v) is 10.2. The van der Waals surface area contributed by atoms with E-state index in [1.54, 1.807) is 24.3 Å². The highest BCUT2D eigenvalue weighted by atomic mass is 79.9. The number of carboxylic acid groups (broad SMARTS) is 1. The summed E-state index contributed by atoms with van der Waals surface area (Å²) >= 11 is 3.32. The predicted molar refractivity (Wildman–Crippen MR) is 118 cm³/mol. The Balaban J connectivity index is 0.00000450. The van der Waals surface area contributed by atoms with Gasteiger partial charge in [-0.1, -0.05) is 48.8 Å². The molecule has 4 atom stereocenters. The van der Waals surface area contributed by atoms with Gasteiger partial charge in [-0.3, -0.25) is 14.4 Å². The highest BCUT2D eigenvalue weighted by Crippen LogP contribution is 2.26. The molecule has 1 aromatic rings. The molecule has 0 aromatic heterocycles. The van der Waals surface area contributed by atoms with Crippen LogP contribution in [0.3, 0.4) is 0 Å². The number of rotatable bonds is 6. The van der Waals surface area contributed by atoms with Gasteiger partial charge in [0, 0.05) is 17.4 Å². The van der Waals surface area contributed by atoms with Crippen LogP contribution in [-0.4, -0.2) is 57.6 Å². The Hall–Kier alpha value is -1.68. The summed E-state index contributed by atoms with van der Waals surface area (Å²) in [6.07, 6.45) is -1.07. The number of amides is 2. The van der Waals surface area contributed by atoms with Crippen molar-refractivity contribution in [2.45, 2.75) is 57.8 Å². The van der Waals surface area contributed by atoms with Gasteiger partial charge in [0.05, 0.1) is 24.6 Å². The number of nitrogens with two attached hydrogens (primary N) is 1. The number of carboxylic acids is 1. The van der Waals surface area contributed by atoms with E-state index in [1.807, 2.05) is 20.8 Å². The third-order valence-electron chi connectivity index (χ3n) is 5.03. The number of halogens is 2. The number of hydrogen-bond donors (Lipinski definition) is 4. The molecule has 30 heavy (non-hydrogen) atoms. The number of aliphatic carboxylic acids is 1. The molecule has 0 aliphatic carbocycles. The predicted octanol–water partition coefficient (Wildman–Crippen LogP) is 1.84. The highest BCUT2D eigenvalue weighted by Gasteiger charge is 2.43. The van der Waals surface area contributed by atoms with E-state index in [0.29, 0.717) is 5.56 Å². The zero-order chi connectivity index (χ0) is 21.9. The van der Waals surface area contributed by atoms with Crippen molar-refractivity contribution < 1.29 is 24.6 Å². The Bertz CT molecular complexity index is 769. The molecule has 1 fully saturated rings. The smallest absolute Gasteiger partial charge is 0.305 e. The van der Waals surface area contributed by atoms with Crippen molar-refractivity contribution in [1.29, 1.82) is 0 Å². The van der Waals surface area contributed by atoms with Gasteiger partial charge in [0.1, 0.15) is 6.04 Å². The molecule has 5 N–H and O–H groups in total. The SMILES string of the molecule is CC(C)(C)[C@@H](N)C(=O)N1C[C@H](O)C[C@H]1C(=O)N[C@@H](CC(=O)O)c1ccc(Br)cc1.Cl. The molecule has 1 saturated heterocycles. The van der Waals surface area contributed by atoms with E-state index >= 15 is 0 Å². The normalized spacial score (nSPS) is 20.8. The van der Waals surface area contributed by atoms with Crippen LogP contribution in [0.4, 0.5) is 0 Å².